The molecule has 1 N–H and O–H groups in total. The van der Waals surface area contributed by atoms with Crippen LogP contribution in [0.15, 0.2) is 10.7 Å². The quantitative estimate of drug-likeness (QED) is 0.772. The Labute approximate surface area is 171 Å². The molecule has 6 nitrogen and oxygen atoms in total. The van der Waals surface area contributed by atoms with Crippen LogP contribution in [0, 0.1) is 17.3 Å². The van der Waals surface area contributed by atoms with E-state index in [4.69, 9.17) is 13.9 Å². The lowest BCUT2D eigenvalue weighted by atomic mass is 9.64. The number of fused-ring (bicyclic) bond motifs is 2. The summed E-state index contributed by atoms with van der Waals surface area (Å²) in [5.74, 6) is -0.302. The van der Waals surface area contributed by atoms with E-state index in [-0.39, 0.29) is 29.0 Å². The van der Waals surface area contributed by atoms with Crippen molar-refractivity contribution in [2.75, 3.05) is 7.11 Å². The molecule has 1 heterocycles. The van der Waals surface area contributed by atoms with Crippen molar-refractivity contribution in [2.24, 2.45) is 17.3 Å². The number of ether oxygens (including phenoxy) is 2. The van der Waals surface area contributed by atoms with Gasteiger partial charge >= 0.3 is 5.97 Å². The van der Waals surface area contributed by atoms with Gasteiger partial charge < -0.3 is 19.0 Å². The Morgan fingerprint density at radius 3 is 2.55 bits per heavy atom. The third kappa shape index (κ3) is 2.48. The highest BCUT2D eigenvalue weighted by Gasteiger charge is 2.72. The van der Waals surface area contributed by atoms with Crippen molar-refractivity contribution in [3.8, 4) is 0 Å². The highest BCUT2D eigenvalue weighted by Crippen LogP contribution is 2.65. The summed E-state index contributed by atoms with van der Waals surface area (Å²) in [4.78, 5) is 25.2. The van der Waals surface area contributed by atoms with E-state index >= 15 is 0 Å². The van der Waals surface area contributed by atoms with Gasteiger partial charge in [0.1, 0.15) is 18.0 Å². The highest BCUT2D eigenvalue weighted by molar-refractivity contribution is 5.96. The summed E-state index contributed by atoms with van der Waals surface area (Å²) < 4.78 is 17.2. The van der Waals surface area contributed by atoms with Crippen molar-refractivity contribution >= 4 is 11.8 Å². The SMILES string of the molecule is CO[C@@H]1C(=O)[C@]2(O)c3occ4c3[C@](C)(CC[C@H]4OC(C)=O)CC[C@@]2(C)[C@@H]1C(C)C. The summed E-state index contributed by atoms with van der Waals surface area (Å²) in [7, 11) is 1.54. The van der Waals surface area contributed by atoms with Crippen molar-refractivity contribution in [3.05, 3.63) is 23.2 Å². The van der Waals surface area contributed by atoms with Crippen molar-refractivity contribution < 1.29 is 28.6 Å². The van der Waals surface area contributed by atoms with Crippen LogP contribution in [0.4, 0.5) is 0 Å². The standard InChI is InChI=1S/C23H32O6/c1-12(2)16-18(27-6)19(25)23(26)20-17-14(11-28-20)15(29-13(3)24)7-8-21(17,4)9-10-22(16,23)5/h11-12,15-16,18,26H,7-10H2,1-6H3/t15-,16-,18+,21-,22+,23+/m1/s1. The lowest BCUT2D eigenvalue weighted by Gasteiger charge is -2.41. The molecule has 1 aromatic rings. The molecule has 29 heavy (non-hydrogen) atoms. The number of esters is 1. The number of Topliss-reactive ketones (excluding diaryl/α,β-unsaturated/α-hetero) is 1. The predicted molar refractivity (Wildman–Crippen MR) is 105 cm³/mol. The predicted octanol–water partition coefficient (Wildman–Crippen LogP) is 3.79. The Morgan fingerprint density at radius 1 is 1.28 bits per heavy atom. The van der Waals surface area contributed by atoms with Gasteiger partial charge in [-0.05, 0) is 37.0 Å². The van der Waals surface area contributed by atoms with Crippen LogP contribution in [0.3, 0.4) is 0 Å². The minimum Gasteiger partial charge on any atom is -0.465 e. The van der Waals surface area contributed by atoms with Crippen LogP contribution in [0.2, 0.25) is 0 Å². The van der Waals surface area contributed by atoms with Gasteiger partial charge in [0.15, 0.2) is 5.60 Å². The number of rotatable bonds is 3. The van der Waals surface area contributed by atoms with Gasteiger partial charge in [-0.2, -0.15) is 0 Å². The summed E-state index contributed by atoms with van der Waals surface area (Å²) in [5, 5.41) is 12.1. The minimum atomic E-state index is -1.76. The molecule has 0 saturated heterocycles. The topological polar surface area (TPSA) is 86.0 Å². The molecule has 0 amide bonds. The zero-order chi connectivity index (χ0) is 21.4. The molecule has 160 valence electrons. The maximum Gasteiger partial charge on any atom is 0.303 e. The average Bonchev–Trinajstić information content (AvgIpc) is 3.15. The fourth-order valence-electron chi connectivity index (χ4n) is 6.62. The minimum absolute atomic E-state index is 0.126. The Bertz CT molecular complexity index is 856. The van der Waals surface area contributed by atoms with Gasteiger partial charge in [0.05, 0.1) is 6.26 Å². The van der Waals surface area contributed by atoms with E-state index in [0.29, 0.717) is 18.6 Å². The molecular weight excluding hydrogens is 372 g/mol. The first-order chi connectivity index (χ1) is 13.5. The van der Waals surface area contributed by atoms with E-state index < -0.39 is 23.2 Å². The monoisotopic (exact) mass is 404 g/mol. The van der Waals surface area contributed by atoms with Crippen molar-refractivity contribution in [1.82, 2.24) is 0 Å². The van der Waals surface area contributed by atoms with E-state index in [1.807, 2.05) is 6.92 Å². The van der Waals surface area contributed by atoms with Gasteiger partial charge in [-0.3, -0.25) is 9.59 Å². The third-order valence-corrected chi connectivity index (χ3v) is 8.04. The lowest BCUT2D eigenvalue weighted by molar-refractivity contribution is -0.152. The zero-order valence-electron chi connectivity index (χ0n) is 18.2. The molecule has 0 radical (unpaired) electrons. The fraction of sp³-hybridized carbons (Fsp3) is 0.739. The Morgan fingerprint density at radius 2 is 1.97 bits per heavy atom. The summed E-state index contributed by atoms with van der Waals surface area (Å²) in [6.07, 6.45) is 3.53. The van der Waals surface area contributed by atoms with Crippen LogP contribution in [0.1, 0.15) is 83.3 Å². The molecule has 6 atom stereocenters. The van der Waals surface area contributed by atoms with E-state index in [2.05, 4.69) is 20.8 Å². The smallest absolute Gasteiger partial charge is 0.303 e. The number of hydrogen-bond donors (Lipinski definition) is 1. The maximum atomic E-state index is 13.6. The molecule has 1 fully saturated rings. The first kappa shape index (κ1) is 20.6. The maximum absolute atomic E-state index is 13.6. The molecule has 1 saturated carbocycles. The van der Waals surface area contributed by atoms with Crippen LogP contribution >= 0.6 is 0 Å². The van der Waals surface area contributed by atoms with Crippen LogP contribution in [-0.4, -0.2) is 30.1 Å². The van der Waals surface area contributed by atoms with Crippen molar-refractivity contribution in [2.45, 2.75) is 83.5 Å². The van der Waals surface area contributed by atoms with E-state index in [9.17, 15) is 14.7 Å². The Kier molecular flexibility index (Phi) is 4.56. The number of ketones is 1. The second kappa shape index (κ2) is 6.42. The number of carbonyl (C=O) groups excluding carboxylic acids is 2. The average molecular weight is 405 g/mol. The van der Waals surface area contributed by atoms with Gasteiger partial charge in [0, 0.05) is 36.5 Å². The molecule has 0 bridgehead atoms. The summed E-state index contributed by atoms with van der Waals surface area (Å²) >= 11 is 0. The van der Waals surface area contributed by atoms with Gasteiger partial charge in [0.25, 0.3) is 0 Å². The number of hydrogen-bond acceptors (Lipinski definition) is 6. The third-order valence-electron chi connectivity index (χ3n) is 8.04. The van der Waals surface area contributed by atoms with Crippen LogP contribution < -0.4 is 0 Å². The number of furan rings is 1. The summed E-state index contributed by atoms with van der Waals surface area (Å²) in [5.41, 5.74) is -1.06. The van der Waals surface area contributed by atoms with Gasteiger partial charge in [-0.15, -0.1) is 0 Å². The van der Waals surface area contributed by atoms with E-state index in [0.717, 1.165) is 24.0 Å². The lowest BCUT2D eigenvalue weighted by Crippen LogP contribution is -2.46. The van der Waals surface area contributed by atoms with Crippen LogP contribution in [-0.2, 0) is 30.1 Å². The molecular formula is C23H32O6. The normalized spacial score (nSPS) is 41.1. The number of carbonyl (C=O) groups is 2. The fourth-order valence-corrected chi connectivity index (χ4v) is 6.62. The molecule has 0 aromatic carbocycles. The van der Waals surface area contributed by atoms with Crippen LogP contribution in [0.25, 0.3) is 0 Å². The molecule has 3 aliphatic rings. The zero-order valence-corrected chi connectivity index (χ0v) is 18.2. The van der Waals surface area contributed by atoms with Crippen molar-refractivity contribution in [3.63, 3.8) is 0 Å². The summed E-state index contributed by atoms with van der Waals surface area (Å²) in [6, 6.07) is 0. The van der Waals surface area contributed by atoms with Crippen LogP contribution in [0.5, 0.6) is 0 Å². The van der Waals surface area contributed by atoms with E-state index in [1.54, 1.807) is 6.26 Å². The first-order valence-electron chi connectivity index (χ1n) is 10.6. The molecule has 6 heteroatoms. The highest BCUT2D eigenvalue weighted by atomic mass is 16.5. The largest absolute Gasteiger partial charge is 0.465 e. The van der Waals surface area contributed by atoms with E-state index in [1.165, 1.54) is 14.0 Å². The molecule has 0 aliphatic heterocycles. The Balaban J connectivity index is 1.95. The molecule has 0 spiro atoms. The molecule has 4 rings (SSSR count). The first-order valence-corrected chi connectivity index (χ1v) is 10.6. The molecule has 0 unspecified atom stereocenters. The summed E-state index contributed by atoms with van der Waals surface area (Å²) in [6.45, 7) is 9.73. The van der Waals surface area contributed by atoms with Gasteiger partial charge in [-0.1, -0.05) is 27.7 Å². The second-order valence-corrected chi connectivity index (χ2v) is 10.0. The molecule has 1 aromatic heterocycles. The second-order valence-electron chi connectivity index (χ2n) is 10.0. The van der Waals surface area contributed by atoms with Gasteiger partial charge in [-0.25, -0.2) is 0 Å². The van der Waals surface area contributed by atoms with Gasteiger partial charge in [0.2, 0.25) is 5.78 Å². The number of methoxy groups -OCH3 is 1. The van der Waals surface area contributed by atoms with Crippen molar-refractivity contribution in [1.29, 1.82) is 0 Å². The Hall–Kier alpha value is -1.66. The number of aliphatic hydroxyl groups is 1. The molecule has 3 aliphatic carbocycles.